The van der Waals surface area contributed by atoms with E-state index in [0.29, 0.717) is 41.8 Å². The molecule has 9 nitrogen and oxygen atoms in total. The van der Waals surface area contributed by atoms with Crippen molar-refractivity contribution in [3.05, 3.63) is 52.0 Å². The third kappa shape index (κ3) is 8.79. The first-order valence-electron chi connectivity index (χ1n) is 15.5. The van der Waals surface area contributed by atoms with Crippen molar-refractivity contribution in [1.82, 2.24) is 9.80 Å². The van der Waals surface area contributed by atoms with Crippen molar-refractivity contribution >= 4 is 52.4 Å². The van der Waals surface area contributed by atoms with E-state index in [2.05, 4.69) is 23.6 Å². The van der Waals surface area contributed by atoms with Crippen LogP contribution in [0.25, 0.3) is 0 Å². The maximum atomic E-state index is 13.1. The fourth-order valence-corrected chi connectivity index (χ4v) is 5.88. The van der Waals surface area contributed by atoms with Crippen molar-refractivity contribution < 1.29 is 23.6 Å². The number of anilines is 2. The van der Waals surface area contributed by atoms with Crippen LogP contribution in [0.1, 0.15) is 45.6 Å². The molecule has 2 aliphatic heterocycles. The molecule has 0 bridgehead atoms. The summed E-state index contributed by atoms with van der Waals surface area (Å²) in [7, 11) is 3.78. The Morgan fingerprint density at radius 2 is 1.77 bits per heavy atom. The van der Waals surface area contributed by atoms with Crippen LogP contribution < -0.4 is 14.5 Å². The van der Waals surface area contributed by atoms with E-state index in [1.165, 1.54) is 0 Å². The van der Waals surface area contributed by atoms with E-state index < -0.39 is 6.09 Å². The summed E-state index contributed by atoms with van der Waals surface area (Å²) in [6, 6.07) is 11.6. The Morgan fingerprint density at radius 1 is 1.02 bits per heavy atom. The molecule has 0 saturated carbocycles. The van der Waals surface area contributed by atoms with Gasteiger partial charge in [-0.2, -0.15) is 9.69 Å². The highest BCUT2D eigenvalue weighted by atomic mass is 35.5. The van der Waals surface area contributed by atoms with Crippen molar-refractivity contribution in [2.75, 3.05) is 76.5 Å². The molecule has 0 aromatic heterocycles. The van der Waals surface area contributed by atoms with Gasteiger partial charge in [0.25, 0.3) is 5.84 Å². The molecule has 1 saturated heterocycles. The minimum Gasteiger partial charge on any atom is -0.494 e. The van der Waals surface area contributed by atoms with Crippen molar-refractivity contribution in [3.63, 3.8) is 0 Å². The number of fused-ring (bicyclic) bond motifs is 1. The van der Waals surface area contributed by atoms with Gasteiger partial charge in [-0.05, 0) is 55.5 Å². The molecule has 1 fully saturated rings. The van der Waals surface area contributed by atoms with Gasteiger partial charge in [0.2, 0.25) is 5.91 Å². The molecule has 44 heavy (non-hydrogen) atoms. The summed E-state index contributed by atoms with van der Waals surface area (Å²) in [5, 5.41) is 1.21. The average Bonchev–Trinajstić information content (AvgIpc) is 3.00. The number of carbonyl (C=O) groups excluding carboxylic acids is 2. The Balaban J connectivity index is 1.25. The summed E-state index contributed by atoms with van der Waals surface area (Å²) >= 11 is 12.6. The Kier molecular flexibility index (Phi) is 12.2. The number of rotatable bonds is 11. The maximum absolute atomic E-state index is 13.1. The molecule has 2 aliphatic rings. The molecule has 0 spiro atoms. The summed E-state index contributed by atoms with van der Waals surface area (Å²) in [6.45, 7) is 11.8. The van der Waals surface area contributed by atoms with Gasteiger partial charge >= 0.3 is 6.09 Å². The fraction of sp³-hybridized carbons (Fsp3) is 0.545. The van der Waals surface area contributed by atoms with Gasteiger partial charge in [-0.25, -0.2) is 0 Å². The number of halogens is 2. The third-order valence-electron chi connectivity index (χ3n) is 8.16. The topological polar surface area (TPSA) is 68.6 Å². The van der Waals surface area contributed by atoms with E-state index in [0.717, 1.165) is 68.3 Å². The lowest BCUT2D eigenvalue weighted by Gasteiger charge is -2.36. The van der Waals surface area contributed by atoms with Gasteiger partial charge in [0.1, 0.15) is 5.75 Å². The standard InChI is InChI=1S/C33H46Cl2N5O4/c1-24(2)22-39(25(3)36(4)5)33(42)44-23-40-30-21-27(13-11-26(30)12-14-31(40)41)43-20-7-6-15-37-16-18-38(19-17-37)29-10-8-9-28(34)32(29)35/h8-11,13,21,24H,6-7,12,14-20,22-23H2,1-5H3/q+1. The molecule has 2 heterocycles. The molecule has 0 radical (unpaired) electrons. The Bertz CT molecular complexity index is 1340. The fourth-order valence-electron chi connectivity index (χ4n) is 5.47. The number of carbonyl (C=O) groups is 2. The number of ether oxygens (including phenoxy) is 2. The summed E-state index contributed by atoms with van der Waals surface area (Å²) < 4.78 is 13.7. The molecular weight excluding hydrogens is 601 g/mol. The van der Waals surface area contributed by atoms with E-state index in [9.17, 15) is 9.59 Å². The van der Waals surface area contributed by atoms with Crippen LogP contribution in [-0.2, 0) is 16.0 Å². The zero-order valence-electron chi connectivity index (χ0n) is 26.7. The smallest absolute Gasteiger partial charge is 0.494 e. The first-order valence-corrected chi connectivity index (χ1v) is 16.2. The van der Waals surface area contributed by atoms with E-state index in [4.69, 9.17) is 32.7 Å². The van der Waals surface area contributed by atoms with Crippen molar-refractivity contribution in [2.24, 2.45) is 5.92 Å². The van der Waals surface area contributed by atoms with Crippen LogP contribution >= 0.6 is 23.2 Å². The Labute approximate surface area is 271 Å². The zero-order valence-corrected chi connectivity index (χ0v) is 28.2. The highest BCUT2D eigenvalue weighted by Gasteiger charge is 2.31. The molecule has 0 atom stereocenters. The number of aryl methyl sites for hydroxylation is 1. The molecule has 4 rings (SSSR count). The summed E-state index contributed by atoms with van der Waals surface area (Å²) in [6.07, 6.45) is 2.52. The highest BCUT2D eigenvalue weighted by Crippen LogP contribution is 2.33. The van der Waals surface area contributed by atoms with Gasteiger partial charge in [-0.3, -0.25) is 19.2 Å². The lowest BCUT2D eigenvalue weighted by atomic mass is 10.0. The van der Waals surface area contributed by atoms with Gasteiger partial charge in [0.05, 0.1) is 48.7 Å². The predicted molar refractivity (Wildman–Crippen MR) is 178 cm³/mol. The van der Waals surface area contributed by atoms with E-state index in [1.807, 2.05) is 62.0 Å². The first-order chi connectivity index (χ1) is 21.0. The van der Waals surface area contributed by atoms with Crippen LogP contribution in [0.2, 0.25) is 10.0 Å². The number of nitrogens with zero attached hydrogens (tertiary/aromatic N) is 5. The monoisotopic (exact) mass is 646 g/mol. The first kappa shape index (κ1) is 33.9. The number of amidine groups is 1. The molecule has 2 aromatic carbocycles. The van der Waals surface area contributed by atoms with Gasteiger partial charge < -0.3 is 14.4 Å². The summed E-state index contributed by atoms with van der Waals surface area (Å²) in [5.74, 6) is 1.69. The Hall–Kier alpha value is -3.01. The molecule has 240 valence electrons. The van der Waals surface area contributed by atoms with Gasteiger partial charge in [0, 0.05) is 45.6 Å². The minimum absolute atomic E-state index is 0.0658. The molecule has 0 N–H and O–H groups in total. The van der Waals surface area contributed by atoms with Crippen LogP contribution in [0.5, 0.6) is 5.75 Å². The van der Waals surface area contributed by atoms with Crippen molar-refractivity contribution in [1.29, 1.82) is 0 Å². The predicted octanol–water partition coefficient (Wildman–Crippen LogP) is 6.00. The SMILES string of the molecule is CC(N(CC(C)C)C(=O)OCN1C(=O)CCc2ccc(OCCCCN3CCN(c4cccc(Cl)c4Cl)CC3)cc21)=[N+](C)C. The van der Waals surface area contributed by atoms with Crippen LogP contribution in [0.3, 0.4) is 0 Å². The number of hydrogen-bond donors (Lipinski definition) is 0. The Morgan fingerprint density at radius 3 is 2.48 bits per heavy atom. The lowest BCUT2D eigenvalue weighted by Crippen LogP contribution is -2.46. The largest absolute Gasteiger partial charge is 0.508 e. The van der Waals surface area contributed by atoms with E-state index >= 15 is 0 Å². The maximum Gasteiger partial charge on any atom is 0.508 e. The number of unbranched alkanes of at least 4 members (excludes halogenated alkanes) is 1. The molecule has 2 amide bonds. The molecule has 0 aliphatic carbocycles. The molecule has 2 aromatic rings. The lowest BCUT2D eigenvalue weighted by molar-refractivity contribution is -0.470. The van der Waals surface area contributed by atoms with Crippen LogP contribution in [0, 0.1) is 5.92 Å². The van der Waals surface area contributed by atoms with Crippen LogP contribution in [0.4, 0.5) is 16.2 Å². The van der Waals surface area contributed by atoms with Gasteiger partial charge in [0.15, 0.2) is 6.73 Å². The second-order valence-electron chi connectivity index (χ2n) is 12.1. The second kappa shape index (κ2) is 15.8. The van der Waals surface area contributed by atoms with Gasteiger partial charge in [-0.15, -0.1) is 0 Å². The third-order valence-corrected chi connectivity index (χ3v) is 8.97. The van der Waals surface area contributed by atoms with E-state index in [-0.39, 0.29) is 18.6 Å². The van der Waals surface area contributed by atoms with Crippen LogP contribution in [-0.4, -0.2) is 98.9 Å². The summed E-state index contributed by atoms with van der Waals surface area (Å²) in [5.41, 5.74) is 2.79. The average molecular weight is 648 g/mol. The van der Waals surface area contributed by atoms with Crippen molar-refractivity contribution in [3.8, 4) is 5.75 Å². The summed E-state index contributed by atoms with van der Waals surface area (Å²) in [4.78, 5) is 33.9. The normalized spacial score (nSPS) is 15.3. The van der Waals surface area contributed by atoms with Crippen LogP contribution in [0.15, 0.2) is 36.4 Å². The quantitative estimate of drug-likeness (QED) is 0.129. The molecule has 0 unspecified atom stereocenters. The second-order valence-corrected chi connectivity index (χ2v) is 12.8. The number of piperazine rings is 1. The molecule has 11 heteroatoms. The van der Waals surface area contributed by atoms with E-state index in [1.54, 1.807) is 9.80 Å². The molecular formula is C33H46Cl2N5O4+. The minimum atomic E-state index is -0.466. The van der Waals surface area contributed by atoms with Gasteiger partial charge in [-0.1, -0.05) is 49.2 Å². The zero-order chi connectivity index (χ0) is 31.8. The highest BCUT2D eigenvalue weighted by molar-refractivity contribution is 6.43. The van der Waals surface area contributed by atoms with Crippen molar-refractivity contribution in [2.45, 2.75) is 46.5 Å². The number of hydrogen-bond acceptors (Lipinski definition) is 6. The number of amides is 2. The number of benzene rings is 2.